The van der Waals surface area contributed by atoms with Crippen LogP contribution in [0.25, 0.3) is 0 Å². The van der Waals surface area contributed by atoms with E-state index in [1.807, 2.05) is 13.0 Å². The molecule has 1 saturated heterocycles. The van der Waals surface area contributed by atoms with Crippen molar-refractivity contribution in [2.24, 2.45) is 5.92 Å². The van der Waals surface area contributed by atoms with Crippen LogP contribution in [0.15, 0.2) is 12.1 Å². The molecule has 0 aliphatic carbocycles. The average Bonchev–Trinajstić information content (AvgIpc) is 2.61. The summed E-state index contributed by atoms with van der Waals surface area (Å²) >= 11 is 2.14. The number of hydrogen-bond donors (Lipinski definition) is 0. The highest BCUT2D eigenvalue weighted by Crippen LogP contribution is 2.26. The van der Waals surface area contributed by atoms with Crippen molar-refractivity contribution in [3.8, 4) is 0 Å². The van der Waals surface area contributed by atoms with Crippen LogP contribution in [0.2, 0.25) is 0 Å². The fourth-order valence-electron chi connectivity index (χ4n) is 2.08. The number of aryl methyl sites for hydroxylation is 1. The Morgan fingerprint density at radius 3 is 2.79 bits per heavy atom. The Morgan fingerprint density at radius 2 is 2.21 bits per heavy atom. The van der Waals surface area contributed by atoms with E-state index >= 15 is 0 Å². The van der Waals surface area contributed by atoms with Crippen molar-refractivity contribution in [1.29, 1.82) is 0 Å². The molecule has 1 aliphatic heterocycles. The van der Waals surface area contributed by atoms with Crippen LogP contribution in [0.1, 0.15) is 12.1 Å². The first kappa shape index (κ1) is 14.6. The van der Waals surface area contributed by atoms with Crippen molar-refractivity contribution in [2.45, 2.75) is 13.3 Å². The first-order valence-electron chi connectivity index (χ1n) is 5.62. The second-order valence-electron chi connectivity index (χ2n) is 4.52. The zero-order valence-electron chi connectivity index (χ0n) is 10.1. The molecule has 1 aromatic heterocycles. The Bertz CT molecular complexity index is 620. The lowest BCUT2D eigenvalue weighted by molar-refractivity contribution is -0.117. The Morgan fingerprint density at radius 1 is 1.53 bits per heavy atom. The van der Waals surface area contributed by atoms with Crippen LogP contribution in [0.3, 0.4) is 0 Å². The van der Waals surface area contributed by atoms with Gasteiger partial charge in [-0.15, -0.1) is 3.89 Å². The number of amides is 1. The van der Waals surface area contributed by atoms with Gasteiger partial charge in [0, 0.05) is 22.5 Å². The van der Waals surface area contributed by atoms with Gasteiger partial charge in [0.25, 0.3) is 0 Å². The molecule has 1 unspecified atom stereocenters. The lowest BCUT2D eigenvalue weighted by Gasteiger charge is -2.16. The number of carbonyl (C=O) groups excluding carboxylic acids is 1. The van der Waals surface area contributed by atoms with Gasteiger partial charge in [-0.25, -0.2) is 4.98 Å². The minimum Gasteiger partial charge on any atom is -0.296 e. The van der Waals surface area contributed by atoms with Crippen LogP contribution in [-0.4, -0.2) is 31.6 Å². The normalized spacial score (nSPS) is 20.1. The molecule has 1 amide bonds. The Balaban J connectivity index is 2.18. The van der Waals surface area contributed by atoms with Crippen LogP contribution in [-0.2, 0) is 15.0 Å². The number of hydrogen-bond acceptors (Lipinski definition) is 4. The van der Waals surface area contributed by atoms with Crippen LogP contribution >= 0.6 is 22.6 Å². The number of nitrogens with zero attached hydrogens (tertiary/aromatic N) is 2. The first-order chi connectivity index (χ1) is 8.76. The topological polar surface area (TPSA) is 67.3 Å². The van der Waals surface area contributed by atoms with Crippen LogP contribution in [0, 0.1) is 16.4 Å². The molecular formula is C11H12FIN2O3S. The van der Waals surface area contributed by atoms with Crippen molar-refractivity contribution < 1.29 is 17.1 Å². The molecule has 0 spiro atoms. The van der Waals surface area contributed by atoms with Gasteiger partial charge in [-0.3, -0.25) is 9.69 Å². The molecular weight excluding hydrogens is 386 g/mol. The molecule has 0 saturated carbocycles. The van der Waals surface area contributed by atoms with E-state index in [1.165, 1.54) is 4.90 Å². The molecule has 0 bridgehead atoms. The Hall–Kier alpha value is -0.770. The average molecular weight is 398 g/mol. The third kappa shape index (κ3) is 3.62. The Kier molecular flexibility index (Phi) is 4.09. The van der Waals surface area contributed by atoms with Crippen molar-refractivity contribution in [3.63, 3.8) is 0 Å². The van der Waals surface area contributed by atoms with Gasteiger partial charge < -0.3 is 0 Å². The van der Waals surface area contributed by atoms with Gasteiger partial charge in [0.05, 0.1) is 11.4 Å². The summed E-state index contributed by atoms with van der Waals surface area (Å²) in [6.45, 7) is 2.02. The molecule has 104 valence electrons. The fourth-order valence-corrected chi connectivity index (χ4v) is 3.16. The van der Waals surface area contributed by atoms with Crippen molar-refractivity contribution in [1.82, 2.24) is 4.98 Å². The van der Waals surface area contributed by atoms with Gasteiger partial charge in [0.1, 0.15) is 5.82 Å². The van der Waals surface area contributed by atoms with Gasteiger partial charge in [-0.1, -0.05) is 0 Å². The number of pyridine rings is 1. The first-order valence-corrected chi connectivity index (χ1v) is 8.25. The monoisotopic (exact) mass is 398 g/mol. The molecule has 1 aromatic rings. The molecule has 5 nitrogen and oxygen atoms in total. The van der Waals surface area contributed by atoms with E-state index in [0.717, 1.165) is 9.26 Å². The summed E-state index contributed by atoms with van der Waals surface area (Å²) in [5, 5.41) is 0. The zero-order chi connectivity index (χ0) is 14.2. The van der Waals surface area contributed by atoms with E-state index < -0.39 is 21.9 Å². The highest BCUT2D eigenvalue weighted by atomic mass is 127. The third-order valence-corrected chi connectivity index (χ3v) is 4.93. The second kappa shape index (κ2) is 5.31. The SMILES string of the molecule is Cc1nc(N2CC(CS(=O)(=O)F)CC2=O)ccc1I. The number of rotatable bonds is 3. The Labute approximate surface area is 124 Å². The van der Waals surface area contributed by atoms with Gasteiger partial charge in [-0.05, 0) is 41.6 Å². The largest absolute Gasteiger partial charge is 0.302 e. The predicted molar refractivity (Wildman–Crippen MR) is 77.0 cm³/mol. The molecule has 0 aromatic carbocycles. The quantitative estimate of drug-likeness (QED) is 0.574. The van der Waals surface area contributed by atoms with Crippen molar-refractivity contribution >= 4 is 44.5 Å². The summed E-state index contributed by atoms with van der Waals surface area (Å²) in [6.07, 6.45) is 0.0376. The van der Waals surface area contributed by atoms with Gasteiger partial charge in [0.15, 0.2) is 0 Å². The molecule has 1 atom stereocenters. The highest BCUT2D eigenvalue weighted by molar-refractivity contribution is 14.1. The fraction of sp³-hybridized carbons (Fsp3) is 0.455. The molecule has 2 rings (SSSR count). The van der Waals surface area contributed by atoms with Crippen molar-refractivity contribution in [3.05, 3.63) is 21.4 Å². The van der Waals surface area contributed by atoms with Gasteiger partial charge in [0.2, 0.25) is 5.91 Å². The molecule has 1 aliphatic rings. The van der Waals surface area contributed by atoms with Crippen LogP contribution < -0.4 is 4.90 Å². The number of anilines is 1. The maximum atomic E-state index is 12.6. The summed E-state index contributed by atoms with van der Waals surface area (Å²) in [5.74, 6) is -0.856. The van der Waals surface area contributed by atoms with Crippen LogP contribution in [0.4, 0.5) is 9.70 Å². The van der Waals surface area contributed by atoms with E-state index in [2.05, 4.69) is 27.6 Å². The molecule has 0 radical (unpaired) electrons. The minimum atomic E-state index is -4.55. The summed E-state index contributed by atoms with van der Waals surface area (Å²) in [4.78, 5) is 17.5. The van der Waals surface area contributed by atoms with Gasteiger partial charge in [-0.2, -0.15) is 8.42 Å². The van der Waals surface area contributed by atoms with Crippen molar-refractivity contribution in [2.75, 3.05) is 17.2 Å². The van der Waals surface area contributed by atoms with Crippen LogP contribution in [0.5, 0.6) is 0 Å². The summed E-state index contributed by atoms with van der Waals surface area (Å²) in [6, 6.07) is 3.55. The highest BCUT2D eigenvalue weighted by Gasteiger charge is 2.34. The summed E-state index contributed by atoms with van der Waals surface area (Å²) in [7, 11) is -4.55. The predicted octanol–water partition coefficient (Wildman–Crippen LogP) is 1.65. The second-order valence-corrected chi connectivity index (χ2v) is 7.09. The maximum Gasteiger partial charge on any atom is 0.302 e. The number of aromatic nitrogens is 1. The standard InChI is InChI=1S/C11H12FIN2O3S/c1-7-9(13)2-3-10(14-7)15-5-8(4-11(15)16)6-19(12,17)18/h2-3,8H,4-6H2,1H3. The third-order valence-electron chi connectivity index (χ3n) is 2.92. The number of carbonyl (C=O) groups is 1. The van der Waals surface area contributed by atoms with E-state index in [9.17, 15) is 17.1 Å². The summed E-state index contributed by atoms with van der Waals surface area (Å²) < 4.78 is 34.9. The molecule has 0 N–H and O–H groups in total. The maximum absolute atomic E-state index is 12.6. The van der Waals surface area contributed by atoms with Gasteiger partial charge >= 0.3 is 10.2 Å². The lowest BCUT2D eigenvalue weighted by Crippen LogP contribution is -2.26. The summed E-state index contributed by atoms with van der Waals surface area (Å²) in [5.41, 5.74) is 0.799. The molecule has 8 heteroatoms. The van der Waals surface area contributed by atoms with E-state index in [0.29, 0.717) is 5.82 Å². The minimum absolute atomic E-state index is 0.0376. The number of halogens is 2. The molecule has 2 heterocycles. The molecule has 1 fully saturated rings. The van der Waals surface area contributed by atoms with E-state index in [-0.39, 0.29) is 18.9 Å². The lowest BCUT2D eigenvalue weighted by atomic mass is 10.1. The zero-order valence-corrected chi connectivity index (χ0v) is 13.1. The smallest absolute Gasteiger partial charge is 0.296 e. The molecule has 19 heavy (non-hydrogen) atoms. The van der Waals surface area contributed by atoms with E-state index in [4.69, 9.17) is 0 Å². The van der Waals surface area contributed by atoms with E-state index in [1.54, 1.807) is 6.07 Å².